The number of amidine groups is 1. The summed E-state index contributed by atoms with van der Waals surface area (Å²) in [5, 5.41) is 0. The highest BCUT2D eigenvalue weighted by molar-refractivity contribution is 5.86. The predicted molar refractivity (Wildman–Crippen MR) is 115 cm³/mol. The van der Waals surface area contributed by atoms with Crippen LogP contribution in [0.4, 0.5) is 0 Å². The molecule has 3 nitrogen and oxygen atoms in total. The zero-order chi connectivity index (χ0) is 19.1. The van der Waals surface area contributed by atoms with Gasteiger partial charge < -0.3 is 10.6 Å². The number of aliphatic imine (C=N–C) groups is 1. The summed E-state index contributed by atoms with van der Waals surface area (Å²) in [5.74, 6) is 0.591. The van der Waals surface area contributed by atoms with Crippen molar-refractivity contribution in [2.75, 3.05) is 14.1 Å². The normalized spacial score (nSPS) is 15.0. The molecule has 26 heavy (non-hydrogen) atoms. The molecular formula is C23H27N3. The van der Waals surface area contributed by atoms with Crippen LogP contribution in [0.15, 0.2) is 90.1 Å². The first-order chi connectivity index (χ1) is 12.4. The van der Waals surface area contributed by atoms with Crippen LogP contribution in [0.5, 0.6) is 0 Å². The number of nitrogens with two attached hydrogens (primary N) is 1. The van der Waals surface area contributed by atoms with Gasteiger partial charge in [0.15, 0.2) is 0 Å². The fourth-order valence-corrected chi connectivity index (χ4v) is 2.60. The van der Waals surface area contributed by atoms with E-state index in [-0.39, 0.29) is 0 Å². The average molecular weight is 345 g/mol. The molecule has 0 fully saturated rings. The third kappa shape index (κ3) is 4.96. The molecule has 0 amide bonds. The van der Waals surface area contributed by atoms with Crippen molar-refractivity contribution in [3.05, 3.63) is 96.3 Å². The van der Waals surface area contributed by atoms with Crippen LogP contribution in [-0.4, -0.2) is 24.8 Å². The highest BCUT2D eigenvalue weighted by atomic mass is 15.1. The third-order valence-corrected chi connectivity index (χ3v) is 4.13. The molecule has 0 radical (unpaired) electrons. The Morgan fingerprint density at radius 3 is 2.38 bits per heavy atom. The second-order valence-corrected chi connectivity index (χ2v) is 6.34. The average Bonchev–Trinajstić information content (AvgIpc) is 2.81. The summed E-state index contributed by atoms with van der Waals surface area (Å²) in [6, 6.07) is 8.38. The summed E-state index contributed by atoms with van der Waals surface area (Å²) in [6.45, 7) is 9.92. The Labute approximate surface area is 156 Å². The van der Waals surface area contributed by atoms with Crippen LogP contribution in [0.25, 0.3) is 11.3 Å². The van der Waals surface area contributed by atoms with Crippen LogP contribution in [0.2, 0.25) is 0 Å². The number of hydrogen-bond donors (Lipinski definition) is 1. The molecule has 1 aromatic rings. The van der Waals surface area contributed by atoms with E-state index < -0.39 is 0 Å². The van der Waals surface area contributed by atoms with Gasteiger partial charge in [-0.2, -0.15) is 0 Å². The number of hydrogen-bond acceptors (Lipinski definition) is 3. The Hall–Kier alpha value is -3.07. The molecule has 1 aliphatic heterocycles. The molecule has 0 aromatic heterocycles. The van der Waals surface area contributed by atoms with Gasteiger partial charge in [-0.05, 0) is 41.3 Å². The summed E-state index contributed by atoms with van der Waals surface area (Å²) >= 11 is 0. The van der Waals surface area contributed by atoms with Crippen LogP contribution in [0.3, 0.4) is 0 Å². The molecule has 2 rings (SSSR count). The molecule has 3 heteroatoms. The monoisotopic (exact) mass is 345 g/mol. The van der Waals surface area contributed by atoms with Crippen LogP contribution < -0.4 is 5.73 Å². The van der Waals surface area contributed by atoms with Crippen molar-refractivity contribution in [3.63, 3.8) is 0 Å². The second kappa shape index (κ2) is 8.86. The molecule has 0 saturated carbocycles. The van der Waals surface area contributed by atoms with Crippen LogP contribution in [0, 0.1) is 0 Å². The van der Waals surface area contributed by atoms with Gasteiger partial charge in [0.1, 0.15) is 5.84 Å². The summed E-state index contributed by atoms with van der Waals surface area (Å²) in [5.41, 5.74) is 12.2. The van der Waals surface area contributed by atoms with Crippen LogP contribution in [-0.2, 0) is 0 Å². The van der Waals surface area contributed by atoms with Gasteiger partial charge in [0.25, 0.3) is 0 Å². The molecule has 0 spiro atoms. The Kier molecular flexibility index (Phi) is 6.56. The molecule has 0 unspecified atom stereocenters. The standard InChI is InChI=1S/C23H27N3/c1-6-8-21(16-22-14-9-18(7-2)15-23(24)25-22)20-12-10-19(11-13-20)17(3)26(4)5/h6-14,16H,2-3,15H2,1,4-5H3,(H2,24,25)/b8-6-,21-16+. The minimum atomic E-state index is 0.591. The summed E-state index contributed by atoms with van der Waals surface area (Å²) in [7, 11) is 3.99. The third-order valence-electron chi connectivity index (χ3n) is 4.13. The smallest absolute Gasteiger partial charge is 0.104 e. The minimum absolute atomic E-state index is 0.591. The maximum absolute atomic E-state index is 6.02. The fourth-order valence-electron chi connectivity index (χ4n) is 2.60. The number of rotatable bonds is 6. The molecule has 1 heterocycles. The minimum Gasteiger partial charge on any atom is -0.387 e. The van der Waals surface area contributed by atoms with Crippen LogP contribution in [0.1, 0.15) is 24.5 Å². The fraction of sp³-hybridized carbons (Fsp3) is 0.174. The first-order valence-corrected chi connectivity index (χ1v) is 8.62. The molecule has 1 aromatic carbocycles. The maximum atomic E-state index is 6.02. The summed E-state index contributed by atoms with van der Waals surface area (Å²) < 4.78 is 0. The summed E-state index contributed by atoms with van der Waals surface area (Å²) in [6.07, 6.45) is 12.6. The second-order valence-electron chi connectivity index (χ2n) is 6.34. The van der Waals surface area contributed by atoms with E-state index in [1.165, 1.54) is 0 Å². The van der Waals surface area contributed by atoms with Gasteiger partial charge >= 0.3 is 0 Å². The first-order valence-electron chi connectivity index (χ1n) is 8.62. The van der Waals surface area contributed by atoms with Crippen molar-refractivity contribution < 1.29 is 0 Å². The van der Waals surface area contributed by atoms with Crippen molar-refractivity contribution in [1.82, 2.24) is 4.90 Å². The summed E-state index contributed by atoms with van der Waals surface area (Å²) in [4.78, 5) is 6.52. The SMILES string of the molecule is C=CC1=CC=C(/C=C(\C=C/C)c2ccc(C(=C)N(C)C)cc2)N=C(N)C1. The van der Waals surface area contributed by atoms with E-state index in [1.54, 1.807) is 0 Å². The van der Waals surface area contributed by atoms with E-state index >= 15 is 0 Å². The van der Waals surface area contributed by atoms with Crippen molar-refractivity contribution >= 4 is 17.1 Å². The maximum Gasteiger partial charge on any atom is 0.104 e. The van der Waals surface area contributed by atoms with Gasteiger partial charge in [-0.3, -0.25) is 0 Å². The van der Waals surface area contributed by atoms with Gasteiger partial charge in [0, 0.05) is 26.2 Å². The van der Waals surface area contributed by atoms with Crippen molar-refractivity contribution in [3.8, 4) is 0 Å². The van der Waals surface area contributed by atoms with E-state index in [1.807, 2.05) is 56.3 Å². The largest absolute Gasteiger partial charge is 0.387 e. The molecule has 2 N–H and O–H groups in total. The molecule has 134 valence electrons. The molecule has 0 aliphatic carbocycles. The van der Waals surface area contributed by atoms with Crippen molar-refractivity contribution in [2.45, 2.75) is 13.3 Å². The quantitative estimate of drug-likeness (QED) is 0.742. The molecule has 0 bridgehead atoms. The van der Waals surface area contributed by atoms with E-state index in [4.69, 9.17) is 5.73 Å². The van der Waals surface area contributed by atoms with Gasteiger partial charge in [0.05, 0.1) is 5.70 Å². The predicted octanol–water partition coefficient (Wildman–Crippen LogP) is 4.94. The van der Waals surface area contributed by atoms with Crippen molar-refractivity contribution in [2.24, 2.45) is 10.7 Å². The van der Waals surface area contributed by atoms with Gasteiger partial charge in [-0.15, -0.1) is 0 Å². The highest BCUT2D eigenvalue weighted by Crippen LogP contribution is 2.23. The van der Waals surface area contributed by atoms with E-state index in [9.17, 15) is 0 Å². The lowest BCUT2D eigenvalue weighted by Crippen LogP contribution is -2.11. The topological polar surface area (TPSA) is 41.6 Å². The lowest BCUT2D eigenvalue weighted by Gasteiger charge is -2.16. The number of nitrogens with zero attached hydrogens (tertiary/aromatic N) is 2. The zero-order valence-electron chi connectivity index (χ0n) is 15.9. The van der Waals surface area contributed by atoms with E-state index in [0.717, 1.165) is 33.7 Å². The molecule has 0 saturated heterocycles. The van der Waals surface area contributed by atoms with E-state index in [0.29, 0.717) is 12.3 Å². The van der Waals surface area contributed by atoms with Crippen molar-refractivity contribution in [1.29, 1.82) is 0 Å². The first kappa shape index (κ1) is 19.3. The molecular weight excluding hydrogens is 318 g/mol. The Balaban J connectivity index is 2.40. The highest BCUT2D eigenvalue weighted by Gasteiger charge is 2.06. The van der Waals surface area contributed by atoms with E-state index in [2.05, 4.69) is 48.5 Å². The Bertz CT molecular complexity index is 829. The lowest BCUT2D eigenvalue weighted by atomic mass is 10.0. The van der Waals surface area contributed by atoms with Gasteiger partial charge in [-0.1, -0.05) is 61.7 Å². The number of benzene rings is 1. The molecule has 1 aliphatic rings. The van der Waals surface area contributed by atoms with Gasteiger partial charge in [0.2, 0.25) is 0 Å². The Morgan fingerprint density at radius 2 is 1.81 bits per heavy atom. The number of allylic oxidation sites excluding steroid dienone is 7. The Morgan fingerprint density at radius 1 is 1.15 bits per heavy atom. The lowest BCUT2D eigenvalue weighted by molar-refractivity contribution is 0.593. The molecule has 0 atom stereocenters. The van der Waals surface area contributed by atoms with Gasteiger partial charge in [-0.25, -0.2) is 4.99 Å². The van der Waals surface area contributed by atoms with Crippen LogP contribution >= 0.6 is 0 Å². The zero-order valence-corrected chi connectivity index (χ0v) is 15.9.